The van der Waals surface area contributed by atoms with E-state index in [0.29, 0.717) is 35.5 Å². The van der Waals surface area contributed by atoms with Crippen LogP contribution in [0.1, 0.15) is 28.8 Å². The average molecular weight is 359 g/mol. The Morgan fingerprint density at radius 2 is 1.84 bits per heavy atom. The van der Waals surface area contributed by atoms with Gasteiger partial charge in [0.25, 0.3) is 5.78 Å². The molecule has 0 atom stereocenters. The molecule has 0 saturated heterocycles. The molecule has 0 aromatic heterocycles. The van der Waals surface area contributed by atoms with Crippen molar-refractivity contribution in [3.63, 3.8) is 0 Å². The fraction of sp³-hybridized carbons (Fsp3) is 0.263. The van der Waals surface area contributed by atoms with Crippen LogP contribution >= 0.6 is 11.6 Å². The first-order chi connectivity index (χ1) is 12.0. The monoisotopic (exact) mass is 358 g/mol. The van der Waals surface area contributed by atoms with Crippen LogP contribution < -0.4 is 4.90 Å². The molecule has 4 nitrogen and oxygen atoms in total. The van der Waals surface area contributed by atoms with Crippen LogP contribution in [-0.4, -0.2) is 29.3 Å². The lowest BCUT2D eigenvalue weighted by molar-refractivity contribution is -0.114. The van der Waals surface area contributed by atoms with E-state index in [-0.39, 0.29) is 5.82 Å². The highest BCUT2D eigenvalue weighted by molar-refractivity contribution is 6.52. The minimum atomic E-state index is -0.526. The van der Waals surface area contributed by atoms with Crippen molar-refractivity contribution in [2.24, 2.45) is 0 Å². The van der Waals surface area contributed by atoms with E-state index in [9.17, 15) is 14.0 Å². The predicted octanol–water partition coefficient (Wildman–Crippen LogP) is 3.63. The Bertz CT molecular complexity index is 849. The van der Waals surface area contributed by atoms with Crippen molar-refractivity contribution < 1.29 is 14.0 Å². The molecule has 2 aromatic carbocycles. The summed E-state index contributed by atoms with van der Waals surface area (Å²) in [5.74, 6) is -1.31. The molecule has 1 heterocycles. The van der Waals surface area contributed by atoms with Gasteiger partial charge in [0.1, 0.15) is 5.82 Å². The molecule has 6 heteroatoms. The van der Waals surface area contributed by atoms with Crippen molar-refractivity contribution in [1.29, 1.82) is 0 Å². The van der Waals surface area contributed by atoms with E-state index >= 15 is 0 Å². The number of ketones is 1. The van der Waals surface area contributed by atoms with E-state index in [0.717, 1.165) is 18.4 Å². The molecule has 1 amide bonds. The van der Waals surface area contributed by atoms with Crippen LogP contribution in [-0.2, 0) is 11.3 Å². The Balaban J connectivity index is 1.58. The van der Waals surface area contributed by atoms with Crippen molar-refractivity contribution in [2.75, 3.05) is 11.6 Å². The highest BCUT2D eigenvalue weighted by atomic mass is 35.5. The van der Waals surface area contributed by atoms with Crippen molar-refractivity contribution in [3.8, 4) is 0 Å². The molecular formula is C19H16ClFN2O2. The first-order valence-electron chi connectivity index (χ1n) is 8.17. The molecule has 0 bridgehead atoms. The van der Waals surface area contributed by atoms with Gasteiger partial charge < -0.3 is 0 Å². The number of halogens is 2. The molecule has 2 aromatic rings. The number of benzene rings is 2. The predicted molar refractivity (Wildman–Crippen MR) is 93.1 cm³/mol. The number of Topliss-reactive ketones (excluding diaryl/α,β-unsaturated/α-hetero) is 1. The quantitative estimate of drug-likeness (QED) is 0.766. The largest absolute Gasteiger partial charge is 0.300 e. The molecule has 0 N–H and O–H groups in total. The van der Waals surface area contributed by atoms with Gasteiger partial charge in [-0.3, -0.25) is 19.4 Å². The number of hydrogen-bond donors (Lipinski definition) is 0. The van der Waals surface area contributed by atoms with Crippen molar-refractivity contribution >= 4 is 29.0 Å². The highest BCUT2D eigenvalue weighted by Crippen LogP contribution is 2.34. The zero-order valence-electron chi connectivity index (χ0n) is 13.4. The van der Waals surface area contributed by atoms with Gasteiger partial charge in [-0.05, 0) is 48.7 Å². The van der Waals surface area contributed by atoms with Crippen molar-refractivity contribution in [1.82, 2.24) is 4.90 Å². The number of carbonyl (C=O) groups is 2. The standard InChI is InChI=1S/C19H16ClFN2O2/c20-13-3-8-17-16(9-13)18(24)19(25)23(17)11-22(15-6-7-15)10-12-1-4-14(21)5-2-12/h1-5,8-9,15H,6-7,10-11H2. The normalized spacial score (nSPS) is 16.7. The van der Waals surface area contributed by atoms with Crippen LogP contribution in [0.4, 0.5) is 10.1 Å². The second-order valence-electron chi connectivity index (χ2n) is 6.47. The van der Waals surface area contributed by atoms with E-state index in [1.54, 1.807) is 30.3 Å². The Morgan fingerprint density at radius 1 is 1.12 bits per heavy atom. The van der Waals surface area contributed by atoms with E-state index < -0.39 is 11.7 Å². The second kappa shape index (κ2) is 6.24. The molecular weight excluding hydrogens is 343 g/mol. The van der Waals surface area contributed by atoms with E-state index in [1.807, 2.05) is 0 Å². The Hall–Kier alpha value is -2.24. The number of hydrogen-bond acceptors (Lipinski definition) is 3. The molecule has 1 saturated carbocycles. The molecule has 1 aliphatic carbocycles. The van der Waals surface area contributed by atoms with Crippen LogP contribution in [0.3, 0.4) is 0 Å². The molecule has 1 aliphatic heterocycles. The third-order valence-electron chi connectivity index (χ3n) is 4.62. The fourth-order valence-corrected chi connectivity index (χ4v) is 3.33. The summed E-state index contributed by atoms with van der Waals surface area (Å²) in [6.07, 6.45) is 2.12. The van der Waals surface area contributed by atoms with Gasteiger partial charge in [-0.2, -0.15) is 0 Å². The summed E-state index contributed by atoms with van der Waals surface area (Å²) in [4.78, 5) is 28.3. The van der Waals surface area contributed by atoms with Crippen LogP contribution in [0, 0.1) is 5.82 Å². The molecule has 1 fully saturated rings. The van der Waals surface area contributed by atoms with Gasteiger partial charge in [0.15, 0.2) is 0 Å². The lowest BCUT2D eigenvalue weighted by Crippen LogP contribution is -2.41. The average Bonchev–Trinajstić information content (AvgIpc) is 3.41. The molecule has 4 rings (SSSR count). The Labute approximate surface area is 149 Å². The van der Waals surface area contributed by atoms with E-state index in [2.05, 4.69) is 4.90 Å². The zero-order chi connectivity index (χ0) is 17.6. The lowest BCUT2D eigenvalue weighted by atomic mass is 10.1. The van der Waals surface area contributed by atoms with Gasteiger partial charge in [0, 0.05) is 17.6 Å². The maximum atomic E-state index is 13.1. The Morgan fingerprint density at radius 3 is 2.52 bits per heavy atom. The third kappa shape index (κ3) is 3.17. The molecule has 0 radical (unpaired) electrons. The zero-order valence-corrected chi connectivity index (χ0v) is 14.2. The lowest BCUT2D eigenvalue weighted by Gasteiger charge is -2.28. The maximum Gasteiger partial charge on any atom is 0.300 e. The van der Waals surface area contributed by atoms with Gasteiger partial charge in [-0.1, -0.05) is 23.7 Å². The summed E-state index contributed by atoms with van der Waals surface area (Å²) >= 11 is 5.95. The summed E-state index contributed by atoms with van der Waals surface area (Å²) in [5, 5.41) is 0.437. The minimum Gasteiger partial charge on any atom is -0.291 e. The van der Waals surface area contributed by atoms with Crippen LogP contribution in [0.15, 0.2) is 42.5 Å². The van der Waals surface area contributed by atoms with Crippen molar-refractivity contribution in [2.45, 2.75) is 25.4 Å². The molecule has 25 heavy (non-hydrogen) atoms. The smallest absolute Gasteiger partial charge is 0.291 e. The van der Waals surface area contributed by atoms with E-state index in [1.165, 1.54) is 17.0 Å². The molecule has 2 aliphatic rings. The fourth-order valence-electron chi connectivity index (χ4n) is 3.15. The first-order valence-corrected chi connectivity index (χ1v) is 8.55. The number of rotatable bonds is 5. The van der Waals surface area contributed by atoms with Gasteiger partial charge in [-0.25, -0.2) is 4.39 Å². The number of fused-ring (bicyclic) bond motifs is 1. The first kappa shape index (κ1) is 16.2. The van der Waals surface area contributed by atoms with Gasteiger partial charge in [-0.15, -0.1) is 0 Å². The van der Waals surface area contributed by atoms with Gasteiger partial charge >= 0.3 is 5.91 Å². The summed E-state index contributed by atoms with van der Waals surface area (Å²) in [6, 6.07) is 11.7. The summed E-state index contributed by atoms with van der Waals surface area (Å²) in [5.41, 5.74) is 1.93. The molecule has 128 valence electrons. The minimum absolute atomic E-state index is 0.271. The highest BCUT2D eigenvalue weighted by Gasteiger charge is 2.39. The summed E-state index contributed by atoms with van der Waals surface area (Å²) in [7, 11) is 0. The van der Waals surface area contributed by atoms with E-state index in [4.69, 9.17) is 11.6 Å². The Kier molecular flexibility index (Phi) is 4.06. The SMILES string of the molecule is O=C1C(=O)N(CN(Cc2ccc(F)cc2)C2CC2)c2ccc(Cl)cc21. The molecule has 0 unspecified atom stereocenters. The number of nitrogens with zero attached hydrogens (tertiary/aromatic N) is 2. The maximum absolute atomic E-state index is 13.1. The number of anilines is 1. The summed E-state index contributed by atoms with van der Waals surface area (Å²) in [6.45, 7) is 0.938. The second-order valence-corrected chi connectivity index (χ2v) is 6.91. The summed E-state index contributed by atoms with van der Waals surface area (Å²) < 4.78 is 13.1. The van der Waals surface area contributed by atoms with Crippen molar-refractivity contribution in [3.05, 3.63) is 64.4 Å². The van der Waals surface area contributed by atoms with Crippen LogP contribution in [0.2, 0.25) is 5.02 Å². The molecule has 0 spiro atoms. The topological polar surface area (TPSA) is 40.6 Å². The number of carbonyl (C=O) groups excluding carboxylic acids is 2. The van der Waals surface area contributed by atoms with Crippen LogP contribution in [0.5, 0.6) is 0 Å². The number of amides is 1. The van der Waals surface area contributed by atoms with Gasteiger partial charge in [0.05, 0.1) is 17.9 Å². The third-order valence-corrected chi connectivity index (χ3v) is 4.85. The van der Waals surface area contributed by atoms with Gasteiger partial charge in [0.2, 0.25) is 0 Å². The van der Waals surface area contributed by atoms with Crippen LogP contribution in [0.25, 0.3) is 0 Å².